The van der Waals surface area contributed by atoms with Gasteiger partial charge in [0.25, 0.3) is 0 Å². The summed E-state index contributed by atoms with van der Waals surface area (Å²) in [7, 11) is 0. The fraction of sp³-hybridized carbons (Fsp3) is 0.533. The molecule has 1 saturated heterocycles. The summed E-state index contributed by atoms with van der Waals surface area (Å²) < 4.78 is 1.47. The molecule has 4 heteroatoms. The van der Waals surface area contributed by atoms with Gasteiger partial charge in [-0.1, -0.05) is 55.7 Å². The van der Waals surface area contributed by atoms with Crippen molar-refractivity contribution in [1.29, 1.82) is 0 Å². The fourth-order valence-electron chi connectivity index (χ4n) is 6.38. The molecule has 0 amide bonds. The first kappa shape index (κ1) is 23.7. The summed E-state index contributed by atoms with van der Waals surface area (Å²) in [6, 6.07) is 9.55. The number of hydrogen-bond acceptors (Lipinski definition) is 4. The average molecular weight is 475 g/mol. The van der Waals surface area contributed by atoms with E-state index >= 15 is 0 Å². The van der Waals surface area contributed by atoms with Gasteiger partial charge in [-0.15, -0.1) is 11.3 Å². The number of piperidine rings is 1. The van der Waals surface area contributed by atoms with Crippen molar-refractivity contribution in [3.63, 3.8) is 0 Å². The smallest absolute Gasteiger partial charge is 0.141 e. The van der Waals surface area contributed by atoms with E-state index in [1.165, 1.54) is 47.8 Å². The first-order valence-electron chi connectivity index (χ1n) is 13.3. The van der Waals surface area contributed by atoms with Crippen LogP contribution in [0.25, 0.3) is 10.1 Å². The molecule has 1 aromatic heterocycles. The van der Waals surface area contributed by atoms with Gasteiger partial charge in [-0.25, -0.2) is 0 Å². The van der Waals surface area contributed by atoms with E-state index in [-0.39, 0.29) is 17.9 Å². The summed E-state index contributed by atoms with van der Waals surface area (Å²) in [5.41, 5.74) is 1.54. The van der Waals surface area contributed by atoms with Gasteiger partial charge in [-0.2, -0.15) is 0 Å². The van der Waals surface area contributed by atoms with E-state index in [9.17, 15) is 4.79 Å². The zero-order valence-corrected chi connectivity index (χ0v) is 21.3. The number of allylic oxidation sites excluding steroid dienone is 3. The van der Waals surface area contributed by atoms with Gasteiger partial charge >= 0.3 is 0 Å². The number of aliphatic imine (C=N–C) groups is 1. The molecule has 0 spiro atoms. The molecule has 0 bridgehead atoms. The molecule has 3 aliphatic rings. The summed E-state index contributed by atoms with van der Waals surface area (Å²) >= 11 is 1.88. The predicted molar refractivity (Wildman–Crippen MR) is 145 cm³/mol. The highest BCUT2D eigenvalue weighted by Gasteiger charge is 2.34. The number of nitrogens with zero attached hydrogens (tertiary/aromatic N) is 2. The highest BCUT2D eigenvalue weighted by Crippen LogP contribution is 2.38. The Morgan fingerprint density at radius 1 is 1.12 bits per heavy atom. The van der Waals surface area contributed by atoms with Crippen LogP contribution in [0.3, 0.4) is 0 Å². The number of carbonyl (C=O) groups is 1. The van der Waals surface area contributed by atoms with Crippen molar-refractivity contribution < 1.29 is 4.79 Å². The molecular formula is C30H38N2OS. The molecule has 1 aliphatic carbocycles. The average Bonchev–Trinajstić information content (AvgIpc) is 3.20. The molecular weight excluding hydrogens is 436 g/mol. The molecule has 3 nitrogen and oxygen atoms in total. The second-order valence-corrected chi connectivity index (χ2v) is 11.4. The third-order valence-electron chi connectivity index (χ3n) is 8.35. The minimum Gasteiger partial charge on any atom is -0.301 e. The molecule has 1 saturated carbocycles. The van der Waals surface area contributed by atoms with E-state index in [4.69, 9.17) is 4.99 Å². The van der Waals surface area contributed by atoms with Crippen LogP contribution in [0, 0.1) is 11.8 Å². The molecule has 0 radical (unpaired) electrons. The van der Waals surface area contributed by atoms with E-state index < -0.39 is 0 Å². The highest BCUT2D eigenvalue weighted by atomic mass is 32.1. The molecule has 0 N–H and O–H groups in total. The molecule has 2 aromatic rings. The lowest BCUT2D eigenvalue weighted by Gasteiger charge is -2.39. The van der Waals surface area contributed by atoms with Gasteiger partial charge in [0.15, 0.2) is 0 Å². The van der Waals surface area contributed by atoms with Crippen molar-refractivity contribution in [1.82, 2.24) is 4.90 Å². The number of hydrogen-bond donors (Lipinski definition) is 0. The van der Waals surface area contributed by atoms with E-state index in [0.717, 1.165) is 32.4 Å². The monoisotopic (exact) mass is 474 g/mol. The highest BCUT2D eigenvalue weighted by molar-refractivity contribution is 7.17. The van der Waals surface area contributed by atoms with Crippen molar-refractivity contribution in [2.75, 3.05) is 13.1 Å². The summed E-state index contributed by atoms with van der Waals surface area (Å²) in [4.78, 5) is 21.0. The van der Waals surface area contributed by atoms with Gasteiger partial charge in [0, 0.05) is 28.8 Å². The van der Waals surface area contributed by atoms with Crippen LogP contribution in [0.4, 0.5) is 0 Å². The number of benzene rings is 1. The minimum absolute atomic E-state index is 0.000269. The summed E-state index contributed by atoms with van der Waals surface area (Å²) in [5.74, 6) is 1.35. The van der Waals surface area contributed by atoms with Crippen molar-refractivity contribution >= 4 is 33.4 Å². The second kappa shape index (κ2) is 11.1. The quantitative estimate of drug-likeness (QED) is 0.425. The number of carbonyl (C=O) groups excluding carboxylic acids is 1. The third kappa shape index (κ3) is 5.28. The van der Waals surface area contributed by atoms with Crippen LogP contribution in [0.2, 0.25) is 0 Å². The Kier molecular flexibility index (Phi) is 7.76. The van der Waals surface area contributed by atoms with E-state index in [2.05, 4.69) is 53.6 Å². The van der Waals surface area contributed by atoms with E-state index in [1.807, 2.05) is 29.7 Å². The largest absolute Gasteiger partial charge is 0.301 e. The number of ketones is 1. The van der Waals surface area contributed by atoms with Crippen LogP contribution < -0.4 is 0 Å². The zero-order valence-electron chi connectivity index (χ0n) is 20.4. The van der Waals surface area contributed by atoms with Crippen molar-refractivity contribution in [3.8, 4) is 0 Å². The predicted octanol–water partition coefficient (Wildman–Crippen LogP) is 7.19. The number of rotatable bonds is 7. The van der Waals surface area contributed by atoms with E-state index in [0.29, 0.717) is 17.7 Å². The van der Waals surface area contributed by atoms with Gasteiger partial charge in [0.05, 0.1) is 6.04 Å². The molecule has 2 aliphatic heterocycles. The number of fused-ring (bicyclic) bond motifs is 1. The summed E-state index contributed by atoms with van der Waals surface area (Å²) in [5, 5.41) is 3.60. The zero-order chi connectivity index (χ0) is 23.3. The van der Waals surface area contributed by atoms with Gasteiger partial charge < -0.3 is 4.90 Å². The SMILES string of the molecule is CC1CC(c2cccc3ccsc23)CCN1CCC(C(=O)C1CCCCC1)C1C=CC=CC=N1. The summed E-state index contributed by atoms with van der Waals surface area (Å²) in [6.07, 6.45) is 19.2. The lowest BCUT2D eigenvalue weighted by Crippen LogP contribution is -2.43. The van der Waals surface area contributed by atoms with Gasteiger partial charge in [0.2, 0.25) is 0 Å². The first-order valence-corrected chi connectivity index (χ1v) is 14.2. The van der Waals surface area contributed by atoms with Crippen LogP contribution in [0.1, 0.15) is 69.8 Å². The number of Topliss-reactive ketones (excluding diaryl/α,β-unsaturated/α-hetero) is 1. The Hall–Kier alpha value is -2.04. The maximum Gasteiger partial charge on any atom is 0.141 e. The molecule has 4 atom stereocenters. The second-order valence-electron chi connectivity index (χ2n) is 10.5. The van der Waals surface area contributed by atoms with Gasteiger partial charge in [-0.3, -0.25) is 9.79 Å². The van der Waals surface area contributed by atoms with Gasteiger partial charge in [0.1, 0.15) is 5.78 Å². The molecule has 2 fully saturated rings. The first-order chi connectivity index (χ1) is 16.7. The van der Waals surface area contributed by atoms with Crippen LogP contribution in [0.15, 0.2) is 58.9 Å². The Labute approximate surface area is 208 Å². The van der Waals surface area contributed by atoms with Crippen LogP contribution in [-0.2, 0) is 4.79 Å². The Morgan fingerprint density at radius 3 is 2.85 bits per heavy atom. The van der Waals surface area contributed by atoms with Crippen LogP contribution in [-0.4, -0.2) is 42.1 Å². The molecule has 180 valence electrons. The third-order valence-corrected chi connectivity index (χ3v) is 9.33. The minimum atomic E-state index is -0.0197. The van der Waals surface area contributed by atoms with Crippen molar-refractivity contribution in [3.05, 3.63) is 59.5 Å². The fourth-order valence-corrected chi connectivity index (χ4v) is 7.37. The van der Waals surface area contributed by atoms with E-state index in [1.54, 1.807) is 0 Å². The molecule has 5 rings (SSSR count). The van der Waals surface area contributed by atoms with Crippen LogP contribution >= 0.6 is 11.3 Å². The Morgan fingerprint density at radius 2 is 2.00 bits per heavy atom. The van der Waals surface area contributed by atoms with Crippen molar-refractivity contribution in [2.45, 2.75) is 76.3 Å². The maximum atomic E-state index is 13.7. The molecule has 3 heterocycles. The van der Waals surface area contributed by atoms with Gasteiger partial charge in [-0.05, 0) is 86.5 Å². The topological polar surface area (TPSA) is 32.7 Å². The standard InChI is InChI=1S/C30H38N2OS/c1-22-21-25(26-12-8-11-24-16-20-34-30(24)26)14-18-32(22)19-15-27(28-13-6-3-7-17-31-28)29(33)23-9-4-2-5-10-23/h3,6-8,11-13,16-17,20,22-23,25,27-28H,2,4-5,9-10,14-15,18-19,21H2,1H3. The Balaban J connectivity index is 1.25. The summed E-state index contributed by atoms with van der Waals surface area (Å²) in [6.45, 7) is 4.49. The lowest BCUT2D eigenvalue weighted by atomic mass is 9.78. The normalized spacial score (nSPS) is 27.1. The Bertz CT molecular complexity index is 1040. The number of likely N-dealkylation sites (tertiary alicyclic amines) is 1. The lowest BCUT2D eigenvalue weighted by molar-refractivity contribution is -0.128. The number of thiophene rings is 1. The molecule has 34 heavy (non-hydrogen) atoms. The molecule has 4 unspecified atom stereocenters. The molecule has 1 aromatic carbocycles. The van der Waals surface area contributed by atoms with Crippen molar-refractivity contribution in [2.24, 2.45) is 16.8 Å². The maximum absolute atomic E-state index is 13.7. The van der Waals surface area contributed by atoms with Crippen LogP contribution in [0.5, 0.6) is 0 Å².